The van der Waals surface area contributed by atoms with Crippen molar-refractivity contribution in [3.63, 3.8) is 0 Å². The highest BCUT2D eigenvalue weighted by atomic mass is 35.5. The number of rotatable bonds is 12. The molecule has 214 valence electrons. The molecule has 0 heterocycles. The molecule has 0 saturated heterocycles. The molecule has 0 aliphatic rings. The summed E-state index contributed by atoms with van der Waals surface area (Å²) >= 11 is 6.00. The van der Waals surface area contributed by atoms with E-state index in [0.29, 0.717) is 17.4 Å². The van der Waals surface area contributed by atoms with Gasteiger partial charge in [-0.3, -0.25) is 13.9 Å². The number of hydrogen-bond donors (Lipinski definition) is 1. The van der Waals surface area contributed by atoms with E-state index in [0.717, 1.165) is 15.4 Å². The van der Waals surface area contributed by atoms with E-state index in [2.05, 4.69) is 5.32 Å². The second-order valence-electron chi connectivity index (χ2n) is 9.74. The molecule has 1 atom stereocenters. The Kier molecular flexibility index (Phi) is 10.6. The number of amides is 2. The van der Waals surface area contributed by atoms with Gasteiger partial charge < -0.3 is 15.0 Å². The smallest absolute Gasteiger partial charge is 0.264 e. The Hall–Kier alpha value is -3.56. The SMILES string of the molecule is CCOc1ccc(N(CC(=O)N(Cc2cccc(C)c2)[C@@H](C)C(=O)NC(C)C)S(=O)(=O)c2ccc(Cl)cc2)cc1. The minimum absolute atomic E-state index is 0.0191. The first-order valence-electron chi connectivity index (χ1n) is 13.1. The quantitative estimate of drug-likeness (QED) is 0.316. The van der Waals surface area contributed by atoms with Crippen molar-refractivity contribution in [2.75, 3.05) is 17.5 Å². The summed E-state index contributed by atoms with van der Waals surface area (Å²) in [6, 6.07) is 18.9. The van der Waals surface area contributed by atoms with E-state index >= 15 is 0 Å². The number of benzene rings is 3. The van der Waals surface area contributed by atoms with Crippen LogP contribution in [0, 0.1) is 6.92 Å². The zero-order valence-electron chi connectivity index (χ0n) is 23.4. The zero-order valence-corrected chi connectivity index (χ0v) is 25.0. The highest BCUT2D eigenvalue weighted by Crippen LogP contribution is 2.27. The monoisotopic (exact) mass is 585 g/mol. The number of halogens is 1. The van der Waals surface area contributed by atoms with Gasteiger partial charge >= 0.3 is 0 Å². The number of aryl methyl sites for hydroxylation is 1. The Balaban J connectivity index is 2.03. The summed E-state index contributed by atoms with van der Waals surface area (Å²) in [6.07, 6.45) is 0. The van der Waals surface area contributed by atoms with E-state index < -0.39 is 28.5 Å². The van der Waals surface area contributed by atoms with Gasteiger partial charge in [0, 0.05) is 17.6 Å². The van der Waals surface area contributed by atoms with E-state index in [1.54, 1.807) is 31.2 Å². The van der Waals surface area contributed by atoms with Crippen molar-refractivity contribution < 1.29 is 22.7 Å². The fourth-order valence-corrected chi connectivity index (χ4v) is 5.67. The Morgan fingerprint density at radius 2 is 1.62 bits per heavy atom. The molecule has 3 aromatic rings. The van der Waals surface area contributed by atoms with Gasteiger partial charge in [-0.15, -0.1) is 0 Å². The second-order valence-corrected chi connectivity index (χ2v) is 12.0. The van der Waals surface area contributed by atoms with Gasteiger partial charge in [0.1, 0.15) is 18.3 Å². The van der Waals surface area contributed by atoms with Gasteiger partial charge in [-0.25, -0.2) is 8.42 Å². The van der Waals surface area contributed by atoms with Crippen molar-refractivity contribution in [3.8, 4) is 5.75 Å². The molecule has 0 fully saturated rings. The van der Waals surface area contributed by atoms with Crippen LogP contribution in [0.25, 0.3) is 0 Å². The summed E-state index contributed by atoms with van der Waals surface area (Å²) < 4.78 is 34.3. The van der Waals surface area contributed by atoms with Crippen molar-refractivity contribution in [1.82, 2.24) is 10.2 Å². The van der Waals surface area contributed by atoms with Crippen molar-refractivity contribution in [2.24, 2.45) is 0 Å². The third-order valence-corrected chi connectivity index (χ3v) is 8.19. The molecule has 0 unspecified atom stereocenters. The van der Waals surface area contributed by atoms with Gasteiger partial charge in [-0.2, -0.15) is 0 Å². The van der Waals surface area contributed by atoms with Crippen LogP contribution in [-0.4, -0.2) is 50.4 Å². The molecular formula is C30H36ClN3O5S. The molecule has 8 nitrogen and oxygen atoms in total. The molecule has 0 aromatic heterocycles. The number of sulfonamides is 1. The molecule has 40 heavy (non-hydrogen) atoms. The molecule has 0 bridgehead atoms. The van der Waals surface area contributed by atoms with E-state index in [1.165, 1.54) is 29.2 Å². The van der Waals surface area contributed by atoms with Crippen molar-refractivity contribution in [3.05, 3.63) is 88.9 Å². The lowest BCUT2D eigenvalue weighted by Crippen LogP contribution is -2.52. The summed E-state index contributed by atoms with van der Waals surface area (Å²) in [7, 11) is -4.18. The van der Waals surface area contributed by atoms with Crippen molar-refractivity contribution in [2.45, 2.75) is 58.1 Å². The first-order chi connectivity index (χ1) is 18.9. The van der Waals surface area contributed by atoms with Crippen LogP contribution in [0.4, 0.5) is 5.69 Å². The van der Waals surface area contributed by atoms with Gasteiger partial charge in [-0.05, 0) is 88.7 Å². The van der Waals surface area contributed by atoms with Crippen molar-refractivity contribution in [1.29, 1.82) is 0 Å². The Morgan fingerprint density at radius 1 is 0.975 bits per heavy atom. The Morgan fingerprint density at radius 3 is 2.20 bits per heavy atom. The maximum absolute atomic E-state index is 13.9. The van der Waals surface area contributed by atoms with Gasteiger partial charge in [0.05, 0.1) is 17.2 Å². The average molecular weight is 586 g/mol. The highest BCUT2D eigenvalue weighted by Gasteiger charge is 2.32. The molecule has 2 amide bonds. The summed E-state index contributed by atoms with van der Waals surface area (Å²) in [5, 5.41) is 3.23. The molecule has 0 radical (unpaired) electrons. The maximum Gasteiger partial charge on any atom is 0.264 e. The normalized spacial score (nSPS) is 12.1. The van der Waals surface area contributed by atoms with Crippen LogP contribution in [0.5, 0.6) is 5.75 Å². The Labute approximate surface area is 241 Å². The minimum atomic E-state index is -4.18. The predicted molar refractivity (Wildman–Crippen MR) is 158 cm³/mol. The fraction of sp³-hybridized carbons (Fsp3) is 0.333. The number of carbonyl (C=O) groups excluding carboxylic acids is 2. The minimum Gasteiger partial charge on any atom is -0.494 e. The third-order valence-electron chi connectivity index (χ3n) is 6.15. The molecule has 0 aliphatic heterocycles. The third kappa shape index (κ3) is 7.99. The number of hydrogen-bond acceptors (Lipinski definition) is 5. The zero-order chi connectivity index (χ0) is 29.4. The molecular weight excluding hydrogens is 550 g/mol. The number of nitrogens with one attached hydrogen (secondary N) is 1. The van der Waals surface area contributed by atoms with Crippen LogP contribution in [0.1, 0.15) is 38.8 Å². The molecule has 10 heteroatoms. The van der Waals surface area contributed by atoms with Gasteiger partial charge in [0.2, 0.25) is 11.8 Å². The predicted octanol–water partition coefficient (Wildman–Crippen LogP) is 5.18. The highest BCUT2D eigenvalue weighted by molar-refractivity contribution is 7.92. The van der Waals surface area contributed by atoms with Gasteiger partial charge in [-0.1, -0.05) is 41.4 Å². The van der Waals surface area contributed by atoms with Crippen LogP contribution < -0.4 is 14.4 Å². The van der Waals surface area contributed by atoms with Crippen molar-refractivity contribution >= 4 is 39.1 Å². The second kappa shape index (κ2) is 13.7. The van der Waals surface area contributed by atoms with E-state index in [-0.39, 0.29) is 29.1 Å². The molecule has 0 saturated carbocycles. The van der Waals surface area contributed by atoms with Crippen LogP contribution in [0.2, 0.25) is 5.02 Å². The first-order valence-corrected chi connectivity index (χ1v) is 14.9. The number of ether oxygens (including phenoxy) is 1. The Bertz CT molecular complexity index is 1410. The van der Waals surface area contributed by atoms with Crippen LogP contribution >= 0.6 is 11.6 Å². The van der Waals surface area contributed by atoms with Gasteiger partial charge in [0.25, 0.3) is 10.0 Å². The molecule has 0 spiro atoms. The molecule has 3 aromatic carbocycles. The topological polar surface area (TPSA) is 96.0 Å². The van der Waals surface area contributed by atoms with Crippen LogP contribution in [0.15, 0.2) is 77.7 Å². The largest absolute Gasteiger partial charge is 0.494 e. The average Bonchev–Trinajstić information content (AvgIpc) is 2.90. The lowest BCUT2D eigenvalue weighted by molar-refractivity contribution is -0.139. The summed E-state index contributed by atoms with van der Waals surface area (Å²) in [5.74, 6) is -0.287. The molecule has 0 aliphatic carbocycles. The number of carbonyl (C=O) groups is 2. The van der Waals surface area contributed by atoms with E-state index in [1.807, 2.05) is 52.0 Å². The number of nitrogens with zero attached hydrogens (tertiary/aromatic N) is 2. The maximum atomic E-state index is 13.9. The fourth-order valence-electron chi connectivity index (χ4n) is 4.13. The van der Waals surface area contributed by atoms with E-state index in [9.17, 15) is 18.0 Å². The molecule has 1 N–H and O–H groups in total. The lowest BCUT2D eigenvalue weighted by atomic mass is 10.1. The number of anilines is 1. The van der Waals surface area contributed by atoms with E-state index in [4.69, 9.17) is 16.3 Å². The summed E-state index contributed by atoms with van der Waals surface area (Å²) in [4.78, 5) is 28.3. The van der Waals surface area contributed by atoms with Crippen LogP contribution in [0.3, 0.4) is 0 Å². The van der Waals surface area contributed by atoms with Gasteiger partial charge in [0.15, 0.2) is 0 Å². The molecule has 3 rings (SSSR count). The standard InChI is InChI=1S/C30H36ClN3O5S/c1-6-39-27-14-12-26(13-15-27)34(40(37,38)28-16-10-25(31)11-17-28)20-29(35)33(23(5)30(36)32-21(2)3)19-24-9-7-8-22(4)18-24/h7-18,21,23H,6,19-20H2,1-5H3,(H,32,36)/t23-/m0/s1. The summed E-state index contributed by atoms with van der Waals surface area (Å²) in [6.45, 7) is 9.16. The summed E-state index contributed by atoms with van der Waals surface area (Å²) in [5.41, 5.74) is 2.11. The van der Waals surface area contributed by atoms with Crippen LogP contribution in [-0.2, 0) is 26.2 Å². The lowest BCUT2D eigenvalue weighted by Gasteiger charge is -2.32. The first kappa shape index (κ1) is 31.0.